The molecular formula is C13H18BrNO. The first-order chi connectivity index (χ1) is 7.41. The van der Waals surface area contributed by atoms with Crippen molar-refractivity contribution in [2.24, 2.45) is 5.73 Å². The maximum absolute atomic E-state index is 9.94. The molecule has 3 N–H and O–H groups in total. The number of rotatable bonds is 1. The summed E-state index contributed by atoms with van der Waals surface area (Å²) in [7, 11) is 0. The summed E-state index contributed by atoms with van der Waals surface area (Å²) in [6.45, 7) is 1.90. The van der Waals surface area contributed by atoms with Gasteiger partial charge in [0.15, 0.2) is 0 Å². The van der Waals surface area contributed by atoms with E-state index in [-0.39, 0.29) is 5.54 Å². The smallest absolute Gasteiger partial charge is 0.0621 e. The Labute approximate surface area is 105 Å². The molecule has 16 heavy (non-hydrogen) atoms. The fourth-order valence-electron chi connectivity index (χ4n) is 2.32. The Morgan fingerprint density at radius 3 is 2.44 bits per heavy atom. The van der Waals surface area contributed by atoms with Crippen molar-refractivity contribution in [3.8, 4) is 0 Å². The quantitative estimate of drug-likeness (QED) is 0.833. The predicted molar refractivity (Wildman–Crippen MR) is 69.1 cm³/mol. The molecule has 0 spiro atoms. The van der Waals surface area contributed by atoms with Crippen molar-refractivity contribution >= 4 is 15.9 Å². The maximum Gasteiger partial charge on any atom is 0.0621 e. The Morgan fingerprint density at radius 2 is 1.88 bits per heavy atom. The Bertz CT molecular complexity index is 379. The van der Waals surface area contributed by atoms with Gasteiger partial charge in [-0.15, -0.1) is 0 Å². The van der Waals surface area contributed by atoms with Gasteiger partial charge in [0, 0.05) is 10.0 Å². The third-order valence-electron chi connectivity index (χ3n) is 3.62. The molecule has 0 unspecified atom stereocenters. The van der Waals surface area contributed by atoms with Gasteiger partial charge in [0.1, 0.15) is 0 Å². The summed E-state index contributed by atoms with van der Waals surface area (Å²) >= 11 is 3.47. The molecule has 1 aromatic carbocycles. The van der Waals surface area contributed by atoms with Gasteiger partial charge in [-0.1, -0.05) is 28.1 Å². The monoisotopic (exact) mass is 283 g/mol. The Morgan fingerprint density at radius 1 is 1.25 bits per heavy atom. The molecule has 0 heterocycles. The van der Waals surface area contributed by atoms with Crippen LogP contribution in [0.3, 0.4) is 0 Å². The van der Waals surface area contributed by atoms with Crippen LogP contribution >= 0.6 is 15.9 Å². The minimum atomic E-state index is -0.533. The number of hydrogen-bond donors (Lipinski definition) is 2. The number of nitrogens with two attached hydrogens (primary N) is 1. The normalized spacial score (nSPS) is 35.0. The van der Waals surface area contributed by atoms with E-state index in [0.717, 1.165) is 35.7 Å². The van der Waals surface area contributed by atoms with Gasteiger partial charge in [0.05, 0.1) is 5.60 Å². The van der Waals surface area contributed by atoms with Gasteiger partial charge in [0.25, 0.3) is 0 Å². The van der Waals surface area contributed by atoms with Gasteiger partial charge < -0.3 is 10.8 Å². The largest absolute Gasteiger partial charge is 0.390 e. The van der Waals surface area contributed by atoms with E-state index in [2.05, 4.69) is 28.1 Å². The molecule has 1 aromatic rings. The van der Waals surface area contributed by atoms with E-state index in [1.807, 2.05) is 19.1 Å². The van der Waals surface area contributed by atoms with E-state index >= 15 is 0 Å². The molecule has 2 rings (SSSR count). The first-order valence-electron chi connectivity index (χ1n) is 5.69. The van der Waals surface area contributed by atoms with Crippen molar-refractivity contribution in [1.82, 2.24) is 0 Å². The van der Waals surface area contributed by atoms with Gasteiger partial charge in [-0.3, -0.25) is 0 Å². The van der Waals surface area contributed by atoms with Crippen molar-refractivity contribution in [3.05, 3.63) is 34.3 Å². The van der Waals surface area contributed by atoms with E-state index in [1.54, 1.807) is 0 Å². The van der Waals surface area contributed by atoms with Crippen molar-refractivity contribution in [2.75, 3.05) is 0 Å². The van der Waals surface area contributed by atoms with Crippen LogP contribution in [0.5, 0.6) is 0 Å². The highest BCUT2D eigenvalue weighted by Crippen LogP contribution is 2.39. The van der Waals surface area contributed by atoms with E-state index in [9.17, 15) is 5.11 Å². The molecule has 0 saturated heterocycles. The maximum atomic E-state index is 9.94. The highest BCUT2D eigenvalue weighted by atomic mass is 79.9. The minimum absolute atomic E-state index is 0.272. The van der Waals surface area contributed by atoms with Crippen LogP contribution in [0.2, 0.25) is 0 Å². The summed E-state index contributed by atoms with van der Waals surface area (Å²) in [5.41, 5.74) is 6.80. The predicted octanol–water partition coefficient (Wildman–Crippen LogP) is 2.93. The summed E-state index contributed by atoms with van der Waals surface area (Å²) in [6, 6.07) is 8.18. The molecule has 0 radical (unpaired) electrons. The molecule has 0 atom stereocenters. The second-order valence-corrected chi connectivity index (χ2v) is 6.08. The highest BCUT2D eigenvalue weighted by molar-refractivity contribution is 9.10. The molecule has 88 valence electrons. The first kappa shape index (κ1) is 12.1. The average molecular weight is 284 g/mol. The van der Waals surface area contributed by atoms with Crippen LogP contribution in [0.25, 0.3) is 0 Å². The molecule has 0 aromatic heterocycles. The van der Waals surface area contributed by atoms with E-state index in [1.165, 1.54) is 0 Å². The average Bonchev–Trinajstić information content (AvgIpc) is 2.23. The third-order valence-corrected chi connectivity index (χ3v) is 4.11. The first-order valence-corrected chi connectivity index (χ1v) is 6.48. The van der Waals surface area contributed by atoms with Crippen LogP contribution in [-0.2, 0) is 5.54 Å². The minimum Gasteiger partial charge on any atom is -0.390 e. The molecule has 2 nitrogen and oxygen atoms in total. The van der Waals surface area contributed by atoms with Gasteiger partial charge in [0.2, 0.25) is 0 Å². The third kappa shape index (κ3) is 2.47. The summed E-state index contributed by atoms with van der Waals surface area (Å²) in [6.07, 6.45) is 3.24. The van der Waals surface area contributed by atoms with Crippen LogP contribution in [0.15, 0.2) is 28.7 Å². The topological polar surface area (TPSA) is 46.2 Å². The lowest BCUT2D eigenvalue weighted by Crippen LogP contribution is -2.45. The van der Waals surface area contributed by atoms with Crippen LogP contribution in [0.1, 0.15) is 38.2 Å². The summed E-state index contributed by atoms with van der Waals surface area (Å²) in [5, 5.41) is 9.94. The van der Waals surface area contributed by atoms with Gasteiger partial charge >= 0.3 is 0 Å². The number of aliphatic hydroxyl groups is 1. The van der Waals surface area contributed by atoms with Gasteiger partial charge in [-0.25, -0.2) is 0 Å². The van der Waals surface area contributed by atoms with Gasteiger partial charge in [-0.2, -0.15) is 0 Å². The molecular weight excluding hydrogens is 266 g/mol. The van der Waals surface area contributed by atoms with Crippen LogP contribution < -0.4 is 5.73 Å². The van der Waals surface area contributed by atoms with Crippen LogP contribution in [0.4, 0.5) is 0 Å². The van der Waals surface area contributed by atoms with Crippen LogP contribution in [0, 0.1) is 0 Å². The zero-order chi connectivity index (χ0) is 11.8. The Kier molecular flexibility index (Phi) is 3.12. The Hall–Kier alpha value is -0.380. The molecule has 1 aliphatic rings. The Balaban J connectivity index is 2.21. The number of hydrogen-bond acceptors (Lipinski definition) is 2. The molecule has 1 fully saturated rings. The lowest BCUT2D eigenvalue weighted by Gasteiger charge is -2.40. The van der Waals surface area contributed by atoms with Crippen molar-refractivity contribution in [3.63, 3.8) is 0 Å². The SMILES string of the molecule is CC1(O)CCC(N)(c2cccc(Br)c2)CC1. The number of halogens is 1. The molecule has 0 amide bonds. The zero-order valence-corrected chi connectivity index (χ0v) is 11.1. The highest BCUT2D eigenvalue weighted by Gasteiger charge is 2.37. The van der Waals surface area contributed by atoms with E-state index in [0.29, 0.717) is 0 Å². The van der Waals surface area contributed by atoms with E-state index < -0.39 is 5.60 Å². The number of benzene rings is 1. The van der Waals surface area contributed by atoms with Crippen molar-refractivity contribution in [2.45, 2.75) is 43.7 Å². The van der Waals surface area contributed by atoms with Gasteiger partial charge in [-0.05, 0) is 50.3 Å². The molecule has 0 bridgehead atoms. The molecule has 1 saturated carbocycles. The second kappa shape index (κ2) is 4.13. The van der Waals surface area contributed by atoms with Crippen molar-refractivity contribution < 1.29 is 5.11 Å². The molecule has 3 heteroatoms. The summed E-state index contributed by atoms with van der Waals surface area (Å²) in [5.74, 6) is 0. The standard InChI is InChI=1S/C13H18BrNO/c1-12(16)5-7-13(15,8-6-12)10-3-2-4-11(14)9-10/h2-4,9,16H,5-8,15H2,1H3. The molecule has 0 aliphatic heterocycles. The van der Waals surface area contributed by atoms with E-state index in [4.69, 9.17) is 5.73 Å². The molecule has 1 aliphatic carbocycles. The fraction of sp³-hybridized carbons (Fsp3) is 0.538. The zero-order valence-electron chi connectivity index (χ0n) is 9.54. The summed E-state index contributed by atoms with van der Waals surface area (Å²) in [4.78, 5) is 0. The summed E-state index contributed by atoms with van der Waals surface area (Å²) < 4.78 is 1.06. The second-order valence-electron chi connectivity index (χ2n) is 5.16. The fourth-order valence-corrected chi connectivity index (χ4v) is 2.72. The lowest BCUT2D eigenvalue weighted by atomic mass is 9.72. The lowest BCUT2D eigenvalue weighted by molar-refractivity contribution is 0.000900. The van der Waals surface area contributed by atoms with Crippen LogP contribution in [-0.4, -0.2) is 10.7 Å². The van der Waals surface area contributed by atoms with Crippen molar-refractivity contribution in [1.29, 1.82) is 0 Å².